The molecule has 0 radical (unpaired) electrons. The molecule has 0 saturated carbocycles. The van der Waals surface area contributed by atoms with Gasteiger partial charge in [0.15, 0.2) is 54.9 Å². The van der Waals surface area contributed by atoms with Gasteiger partial charge in [-0.2, -0.15) is 0 Å². The molecule has 0 spiro atoms. The maximum atomic E-state index is 14.6. The first kappa shape index (κ1) is 60.0. The summed E-state index contributed by atoms with van der Waals surface area (Å²) in [7, 11) is 7.59. The number of allylic oxidation sites excluding steroid dienone is 1. The van der Waals surface area contributed by atoms with Gasteiger partial charge in [-0.05, 0) is 88.6 Å². The van der Waals surface area contributed by atoms with E-state index in [4.69, 9.17) is 61.6 Å². The third-order valence-corrected chi connectivity index (χ3v) is 18.4. The second-order valence-corrected chi connectivity index (χ2v) is 24.3. The minimum absolute atomic E-state index is 0.0177. The van der Waals surface area contributed by atoms with Gasteiger partial charge in [0.25, 0.3) is 5.95 Å². The fourth-order valence-corrected chi connectivity index (χ4v) is 13.7. The van der Waals surface area contributed by atoms with E-state index in [0.717, 1.165) is 0 Å². The molecule has 2 aliphatic carbocycles. The van der Waals surface area contributed by atoms with Crippen LogP contribution in [0.2, 0.25) is 0 Å². The summed E-state index contributed by atoms with van der Waals surface area (Å²) in [5.41, 5.74) is -3.72. The number of ether oxygens (including phenoxy) is 13. The van der Waals surface area contributed by atoms with Crippen LogP contribution in [0.5, 0.6) is 17.2 Å². The highest BCUT2D eigenvalue weighted by atomic mass is 16.8. The van der Waals surface area contributed by atoms with Crippen LogP contribution in [0, 0.1) is 0 Å². The number of carbonyl (C=O) groups excluding carboxylic acids is 4. The summed E-state index contributed by atoms with van der Waals surface area (Å²) >= 11 is 0. The second-order valence-electron chi connectivity index (χ2n) is 24.3. The van der Waals surface area contributed by atoms with Gasteiger partial charge >= 0.3 is 0 Å². The number of nitrogens with zero attached hydrogens (tertiary/aromatic N) is 2. The van der Waals surface area contributed by atoms with Crippen LogP contribution in [-0.4, -0.2) is 204 Å². The lowest BCUT2D eigenvalue weighted by molar-refractivity contribution is -0.371. The molecule has 0 bridgehead atoms. The fraction of sp³-hybridized carbons (Fsp3) is 0.700. The van der Waals surface area contributed by atoms with E-state index in [2.05, 4.69) is 0 Å². The van der Waals surface area contributed by atoms with Crippen LogP contribution in [0.3, 0.4) is 0 Å². The maximum Gasteiger partial charge on any atom is 0.276 e. The number of Topliss-reactive ketones (excluding diaryl/α,β-unsaturated/α-hetero) is 2. The van der Waals surface area contributed by atoms with E-state index in [9.17, 15) is 39.6 Å². The lowest BCUT2D eigenvalue weighted by Crippen LogP contribution is -2.62. The molecular formula is C60H80N2O21. The molecular weight excluding hydrogens is 1080 g/mol. The molecule has 6 fully saturated rings. The Bertz CT molecular complexity index is 2840. The van der Waals surface area contributed by atoms with E-state index in [1.54, 1.807) is 26.8 Å². The molecule has 23 nitrogen and oxygen atoms in total. The van der Waals surface area contributed by atoms with Crippen LogP contribution in [0.1, 0.15) is 161 Å². The van der Waals surface area contributed by atoms with Crippen molar-refractivity contribution < 1.29 is 101 Å². The normalized spacial score (nSPS) is 40.8. The van der Waals surface area contributed by atoms with Gasteiger partial charge in [0.05, 0.1) is 58.9 Å². The average Bonchev–Trinajstić information content (AvgIpc) is 1.62. The molecule has 11 rings (SSSR count). The minimum Gasteiger partial charge on any atom is -0.507 e. The zero-order valence-corrected chi connectivity index (χ0v) is 48.9. The molecule has 4 N–H and O–H groups in total. The molecule has 6 saturated heterocycles. The predicted molar refractivity (Wildman–Crippen MR) is 288 cm³/mol. The second kappa shape index (κ2) is 23.5. The highest BCUT2D eigenvalue weighted by molar-refractivity contribution is 6.31. The summed E-state index contributed by atoms with van der Waals surface area (Å²) in [5, 5.41) is 49.4. The number of phenolic OH excluding ortho intramolecular Hbond substituents is 3. The first-order chi connectivity index (χ1) is 39.4. The minimum atomic E-state index is -1.88. The van der Waals surface area contributed by atoms with Crippen LogP contribution in [0.15, 0.2) is 30.2 Å². The fourth-order valence-electron chi connectivity index (χ4n) is 13.7. The Morgan fingerprint density at radius 1 is 0.627 bits per heavy atom. The van der Waals surface area contributed by atoms with E-state index in [1.165, 1.54) is 18.2 Å². The van der Waals surface area contributed by atoms with E-state index in [1.807, 2.05) is 65.7 Å². The number of hydrogen-bond acceptors (Lipinski definition) is 23. The largest absolute Gasteiger partial charge is 0.507 e. The van der Waals surface area contributed by atoms with Crippen molar-refractivity contribution in [2.45, 2.75) is 241 Å². The van der Waals surface area contributed by atoms with Crippen molar-refractivity contribution >= 4 is 23.1 Å². The summed E-state index contributed by atoms with van der Waals surface area (Å²) in [6, 6.07) is 3.30. The van der Waals surface area contributed by atoms with Gasteiger partial charge in [0.1, 0.15) is 60.0 Å². The smallest absolute Gasteiger partial charge is 0.276 e. The number of rotatable bonds is 13. The SMILES string of the molecule is CCC1(O)CC(OC2CC(N(C)C)C(OC3CC4OC5CC(=O)C(C)OC5OC4C(C)O3)C(C)O2)c2c(O)c3c(c(O)c2C1OC1CC(N(C)C)C(OC2CCC(OC4=CCC(=O)C(C)O4)C(C)O2)C(C)O1)C(=O)c1cccc(O)c1C3=O. The van der Waals surface area contributed by atoms with Crippen molar-refractivity contribution in [2.24, 2.45) is 0 Å². The van der Waals surface area contributed by atoms with Crippen molar-refractivity contribution in [3.8, 4) is 17.2 Å². The number of hydrogen-bond donors (Lipinski definition) is 4. The third kappa shape index (κ3) is 11.3. The highest BCUT2D eigenvalue weighted by Crippen LogP contribution is 2.58. The third-order valence-electron chi connectivity index (χ3n) is 18.4. The van der Waals surface area contributed by atoms with Gasteiger partial charge in [-0.25, -0.2) is 0 Å². The van der Waals surface area contributed by atoms with Gasteiger partial charge in [0.2, 0.25) is 5.78 Å². The molecule has 0 amide bonds. The summed E-state index contributed by atoms with van der Waals surface area (Å²) in [6.07, 6.45) is -9.56. The van der Waals surface area contributed by atoms with Gasteiger partial charge in [-0.1, -0.05) is 19.1 Å². The molecule has 456 valence electrons. The Kier molecular flexibility index (Phi) is 17.0. The van der Waals surface area contributed by atoms with E-state index in [-0.39, 0.29) is 96.6 Å². The lowest BCUT2D eigenvalue weighted by Gasteiger charge is -2.51. The van der Waals surface area contributed by atoms with Crippen LogP contribution >= 0.6 is 0 Å². The molecule has 22 unspecified atom stereocenters. The highest BCUT2D eigenvalue weighted by Gasteiger charge is 2.56. The molecule has 2 aromatic rings. The van der Waals surface area contributed by atoms with Crippen LogP contribution in [0.25, 0.3) is 0 Å². The first-order valence-corrected chi connectivity index (χ1v) is 29.3. The number of aromatic hydroxyl groups is 3. The van der Waals surface area contributed by atoms with E-state index in [0.29, 0.717) is 25.2 Å². The van der Waals surface area contributed by atoms with Gasteiger partial charge in [0, 0.05) is 79.8 Å². The molecule has 23 heteroatoms. The Balaban J connectivity index is 0.845. The number of aliphatic hydroxyl groups is 1. The molecule has 22 atom stereocenters. The van der Waals surface area contributed by atoms with Crippen LogP contribution in [0.4, 0.5) is 0 Å². The zero-order chi connectivity index (χ0) is 59.2. The molecule has 83 heavy (non-hydrogen) atoms. The van der Waals surface area contributed by atoms with Crippen molar-refractivity contribution in [1.29, 1.82) is 0 Å². The Morgan fingerprint density at radius 3 is 1.89 bits per heavy atom. The summed E-state index contributed by atoms with van der Waals surface area (Å²) in [6.45, 7) is 12.6. The molecule has 9 aliphatic rings. The van der Waals surface area contributed by atoms with Gasteiger partial charge in [-0.3, -0.25) is 19.2 Å². The monoisotopic (exact) mass is 1160 g/mol. The molecule has 0 aromatic heterocycles. The number of benzene rings is 2. The van der Waals surface area contributed by atoms with E-state index < -0.39 is 150 Å². The molecule has 2 aromatic carbocycles. The Labute approximate surface area is 482 Å². The predicted octanol–water partition coefficient (Wildman–Crippen LogP) is 5.26. The maximum absolute atomic E-state index is 14.6. The quantitative estimate of drug-likeness (QED) is 0.159. The van der Waals surface area contributed by atoms with Crippen molar-refractivity contribution in [3.05, 3.63) is 63.6 Å². The average molecular weight is 1170 g/mol. The number of likely N-dealkylation sites (N-methyl/N-ethyl adjacent to an activating group) is 2. The van der Waals surface area contributed by atoms with Gasteiger partial charge in [-0.15, -0.1) is 0 Å². The number of phenols is 3. The van der Waals surface area contributed by atoms with Gasteiger partial charge < -0.3 is 91.8 Å². The zero-order valence-electron chi connectivity index (χ0n) is 48.9. The molecule has 7 aliphatic heterocycles. The number of carbonyl (C=O) groups is 4. The number of fused-ring (bicyclic) bond motifs is 5. The standard InChI is InChI=1S/C60H80N2O21/c1-12-60(70)24-40(79-43-20-32(61(8)9)56(29(6)73-43)81-45-23-38-57(30(7)75-45)83-59-39(77-38)22-36(65)26(3)76-59)47-50(54(69)48-49(53(47)68)52(67)46-31(51(48)66)14-13-15-35(46)64)58(60)82-44-21-33(62(10)11)55(28(5)74-44)80-42-19-17-37(27(4)72-42)78-41-18-16-34(63)25(2)71-41/h13-15,18,25-30,32-33,37-40,42-45,55-59,64,68-70H,12,16-17,19-24H2,1-11H3. The molecule has 7 heterocycles. The summed E-state index contributed by atoms with van der Waals surface area (Å²) in [4.78, 5) is 57.6. The summed E-state index contributed by atoms with van der Waals surface area (Å²) < 4.78 is 83.7. The first-order valence-electron chi connectivity index (χ1n) is 29.3. The lowest BCUT2D eigenvalue weighted by atomic mass is 9.70. The van der Waals surface area contributed by atoms with Crippen LogP contribution in [-0.2, 0) is 71.2 Å². The van der Waals surface area contributed by atoms with Crippen molar-refractivity contribution in [3.63, 3.8) is 0 Å². The van der Waals surface area contributed by atoms with Crippen molar-refractivity contribution in [2.75, 3.05) is 28.2 Å². The topological polar surface area (TPSA) is 276 Å². The number of ketones is 4. The Morgan fingerprint density at radius 2 is 1.24 bits per heavy atom. The van der Waals surface area contributed by atoms with Crippen LogP contribution < -0.4 is 0 Å². The summed E-state index contributed by atoms with van der Waals surface area (Å²) in [5.74, 6) is -3.39. The Hall–Kier alpha value is -4.70. The van der Waals surface area contributed by atoms with E-state index >= 15 is 0 Å². The van der Waals surface area contributed by atoms with Crippen molar-refractivity contribution in [1.82, 2.24) is 9.80 Å².